The minimum Gasteiger partial charge on any atom is -0.461 e. The monoisotopic (exact) mass is 190 g/mol. The van der Waals surface area contributed by atoms with Crippen LogP contribution in [0.25, 0.3) is 11.0 Å². The Labute approximate surface area is 85.7 Å². The Morgan fingerprint density at radius 2 is 1.64 bits per heavy atom. The van der Waals surface area contributed by atoms with Gasteiger partial charge < -0.3 is 4.42 Å². The van der Waals surface area contributed by atoms with E-state index < -0.39 is 0 Å². The van der Waals surface area contributed by atoms with Crippen molar-refractivity contribution in [2.75, 3.05) is 0 Å². The third-order valence-electron chi connectivity index (χ3n) is 2.33. The molecular formula is C13H18O. The van der Waals surface area contributed by atoms with Crippen molar-refractivity contribution in [2.45, 2.75) is 34.6 Å². The summed E-state index contributed by atoms with van der Waals surface area (Å²) in [5, 5.41) is 1.24. The molecule has 1 heteroatoms. The van der Waals surface area contributed by atoms with Gasteiger partial charge in [0.25, 0.3) is 0 Å². The lowest BCUT2D eigenvalue weighted by molar-refractivity contribution is 0.575. The van der Waals surface area contributed by atoms with Gasteiger partial charge in [0, 0.05) is 5.39 Å². The summed E-state index contributed by atoms with van der Waals surface area (Å²) in [5.74, 6) is 1.02. The first-order valence-corrected chi connectivity index (χ1v) is 5.15. The SMILES string of the molecule is CC.Cc1ccc2oc(C)c(C)c2c1. The Bertz CT molecular complexity index is 424. The number of hydrogen-bond acceptors (Lipinski definition) is 1. The van der Waals surface area contributed by atoms with Crippen molar-refractivity contribution in [2.24, 2.45) is 0 Å². The first-order chi connectivity index (χ1) is 6.68. The topological polar surface area (TPSA) is 13.1 Å². The van der Waals surface area contributed by atoms with Crippen LogP contribution in [0.1, 0.15) is 30.7 Å². The van der Waals surface area contributed by atoms with Gasteiger partial charge in [0.2, 0.25) is 0 Å². The van der Waals surface area contributed by atoms with Crippen molar-refractivity contribution in [3.63, 3.8) is 0 Å². The van der Waals surface area contributed by atoms with Crippen molar-refractivity contribution in [3.05, 3.63) is 35.1 Å². The zero-order valence-corrected chi connectivity index (χ0v) is 9.64. The van der Waals surface area contributed by atoms with Crippen molar-refractivity contribution in [3.8, 4) is 0 Å². The van der Waals surface area contributed by atoms with Crippen LogP contribution in [0.15, 0.2) is 22.6 Å². The van der Waals surface area contributed by atoms with Crippen LogP contribution < -0.4 is 0 Å². The van der Waals surface area contributed by atoms with Crippen LogP contribution in [0.2, 0.25) is 0 Å². The molecule has 0 radical (unpaired) electrons. The van der Waals surface area contributed by atoms with Crippen LogP contribution in [0.3, 0.4) is 0 Å². The van der Waals surface area contributed by atoms with E-state index in [9.17, 15) is 0 Å². The number of hydrogen-bond donors (Lipinski definition) is 0. The van der Waals surface area contributed by atoms with E-state index in [0.717, 1.165) is 11.3 Å². The fourth-order valence-corrected chi connectivity index (χ4v) is 1.46. The zero-order valence-electron chi connectivity index (χ0n) is 9.64. The molecule has 0 aliphatic rings. The van der Waals surface area contributed by atoms with Gasteiger partial charge in [-0.25, -0.2) is 0 Å². The molecule has 14 heavy (non-hydrogen) atoms. The summed E-state index contributed by atoms with van der Waals surface area (Å²) in [6.45, 7) is 10.2. The average Bonchev–Trinajstić information content (AvgIpc) is 2.48. The van der Waals surface area contributed by atoms with Gasteiger partial charge in [-0.3, -0.25) is 0 Å². The first kappa shape index (κ1) is 10.8. The van der Waals surface area contributed by atoms with E-state index in [4.69, 9.17) is 4.42 Å². The maximum absolute atomic E-state index is 5.55. The largest absolute Gasteiger partial charge is 0.461 e. The third-order valence-corrected chi connectivity index (χ3v) is 2.33. The van der Waals surface area contributed by atoms with E-state index in [1.165, 1.54) is 16.5 Å². The van der Waals surface area contributed by atoms with Gasteiger partial charge >= 0.3 is 0 Å². The summed E-state index contributed by atoms with van der Waals surface area (Å²) in [6, 6.07) is 6.27. The number of fused-ring (bicyclic) bond motifs is 1. The average molecular weight is 190 g/mol. The highest BCUT2D eigenvalue weighted by Gasteiger charge is 2.05. The number of rotatable bonds is 0. The highest BCUT2D eigenvalue weighted by atomic mass is 16.3. The molecule has 1 heterocycles. The molecule has 0 spiro atoms. The molecule has 0 unspecified atom stereocenters. The molecule has 1 nitrogen and oxygen atoms in total. The molecular weight excluding hydrogens is 172 g/mol. The minimum atomic E-state index is 0.996. The smallest absolute Gasteiger partial charge is 0.134 e. The van der Waals surface area contributed by atoms with Crippen LogP contribution in [0, 0.1) is 20.8 Å². The molecule has 0 atom stereocenters. The molecule has 2 rings (SSSR count). The molecule has 0 amide bonds. The van der Waals surface area contributed by atoms with Crippen LogP contribution in [0.5, 0.6) is 0 Å². The molecule has 1 aromatic heterocycles. The van der Waals surface area contributed by atoms with Gasteiger partial charge in [-0.05, 0) is 38.5 Å². The molecule has 0 fully saturated rings. The van der Waals surface area contributed by atoms with Crippen LogP contribution in [0.4, 0.5) is 0 Å². The van der Waals surface area contributed by atoms with E-state index in [1.807, 2.05) is 26.8 Å². The summed E-state index contributed by atoms with van der Waals surface area (Å²) >= 11 is 0. The van der Waals surface area contributed by atoms with E-state index in [0.29, 0.717) is 0 Å². The second-order valence-corrected chi connectivity index (χ2v) is 3.28. The number of furan rings is 1. The summed E-state index contributed by atoms with van der Waals surface area (Å²) in [7, 11) is 0. The molecule has 0 saturated heterocycles. The third kappa shape index (κ3) is 1.82. The Hall–Kier alpha value is -1.24. The summed E-state index contributed by atoms with van der Waals surface area (Å²) in [5.41, 5.74) is 3.54. The van der Waals surface area contributed by atoms with E-state index in [-0.39, 0.29) is 0 Å². The van der Waals surface area contributed by atoms with Gasteiger partial charge in [0.15, 0.2) is 0 Å². The predicted molar refractivity (Wildman–Crippen MR) is 61.8 cm³/mol. The molecule has 0 aliphatic carbocycles. The lowest BCUT2D eigenvalue weighted by Gasteiger charge is -1.91. The van der Waals surface area contributed by atoms with Gasteiger partial charge in [0.1, 0.15) is 11.3 Å². The maximum Gasteiger partial charge on any atom is 0.134 e. The first-order valence-electron chi connectivity index (χ1n) is 5.15. The molecule has 2 aromatic rings. The van der Waals surface area contributed by atoms with Crippen LogP contribution in [-0.2, 0) is 0 Å². The summed E-state index contributed by atoms with van der Waals surface area (Å²) in [4.78, 5) is 0. The maximum atomic E-state index is 5.55. The van der Waals surface area contributed by atoms with Gasteiger partial charge in [-0.15, -0.1) is 0 Å². The van der Waals surface area contributed by atoms with Gasteiger partial charge in [0.05, 0.1) is 0 Å². The summed E-state index contributed by atoms with van der Waals surface area (Å²) < 4.78 is 5.55. The quantitative estimate of drug-likeness (QED) is 0.600. The number of benzene rings is 1. The number of aryl methyl sites for hydroxylation is 3. The van der Waals surface area contributed by atoms with Gasteiger partial charge in [-0.2, -0.15) is 0 Å². The van der Waals surface area contributed by atoms with E-state index >= 15 is 0 Å². The van der Waals surface area contributed by atoms with Crippen LogP contribution in [-0.4, -0.2) is 0 Å². The highest BCUT2D eigenvalue weighted by molar-refractivity contribution is 5.82. The van der Waals surface area contributed by atoms with E-state index in [1.54, 1.807) is 0 Å². The summed E-state index contributed by atoms with van der Waals surface area (Å²) in [6.07, 6.45) is 0. The fraction of sp³-hybridized carbons (Fsp3) is 0.385. The van der Waals surface area contributed by atoms with Crippen molar-refractivity contribution in [1.29, 1.82) is 0 Å². The molecule has 0 aliphatic heterocycles. The van der Waals surface area contributed by atoms with Gasteiger partial charge in [-0.1, -0.05) is 25.5 Å². The second-order valence-electron chi connectivity index (χ2n) is 3.28. The Kier molecular flexibility index (Phi) is 3.34. The highest BCUT2D eigenvalue weighted by Crippen LogP contribution is 2.24. The molecule has 76 valence electrons. The fourth-order valence-electron chi connectivity index (χ4n) is 1.46. The van der Waals surface area contributed by atoms with E-state index in [2.05, 4.69) is 26.0 Å². The minimum absolute atomic E-state index is 0.996. The van der Waals surface area contributed by atoms with Crippen LogP contribution >= 0.6 is 0 Å². The molecule has 0 bridgehead atoms. The Balaban J connectivity index is 0.000000461. The molecule has 0 saturated carbocycles. The standard InChI is InChI=1S/C11H12O.C2H6/c1-7-4-5-11-10(6-7)8(2)9(3)12-11;1-2/h4-6H,1-3H3;1-2H3. The predicted octanol–water partition coefficient (Wildman–Crippen LogP) is 4.38. The molecule has 1 aromatic carbocycles. The van der Waals surface area contributed by atoms with Crippen molar-refractivity contribution >= 4 is 11.0 Å². The Morgan fingerprint density at radius 1 is 1.00 bits per heavy atom. The second kappa shape index (κ2) is 4.32. The lowest BCUT2D eigenvalue weighted by atomic mass is 10.1. The normalized spacial score (nSPS) is 9.79. The van der Waals surface area contributed by atoms with Crippen molar-refractivity contribution in [1.82, 2.24) is 0 Å². The lowest BCUT2D eigenvalue weighted by Crippen LogP contribution is -1.72. The Morgan fingerprint density at radius 3 is 2.29 bits per heavy atom. The van der Waals surface area contributed by atoms with Crippen molar-refractivity contribution < 1.29 is 4.42 Å². The molecule has 0 N–H and O–H groups in total. The zero-order chi connectivity index (χ0) is 10.7.